The molecule has 1 saturated carbocycles. The number of allylic oxidation sites excluding steroid dienone is 13. The van der Waals surface area contributed by atoms with Crippen molar-refractivity contribution in [2.75, 3.05) is 59.5 Å². The largest absolute Gasteiger partial charge is 0.465 e. The number of hydrogen-bond donors (Lipinski definition) is 0. The normalized spacial score (nSPS) is 10.9. The molecule has 1 aromatic heterocycles. The number of rotatable bonds is 29. The van der Waals surface area contributed by atoms with Gasteiger partial charge in [-0.3, -0.25) is 0 Å². The molecule has 668 valence electrons. The summed E-state index contributed by atoms with van der Waals surface area (Å²) in [4.78, 5) is 101. The number of ether oxygens (including phenoxy) is 9. The van der Waals surface area contributed by atoms with Gasteiger partial charge in [-0.15, -0.1) is 0 Å². The van der Waals surface area contributed by atoms with Gasteiger partial charge in [-0.2, -0.15) is 47.4 Å². The van der Waals surface area contributed by atoms with Gasteiger partial charge in [-0.05, 0) is 177 Å². The highest BCUT2D eigenvalue weighted by Gasteiger charge is 2.22. The van der Waals surface area contributed by atoms with Crippen LogP contribution in [0.3, 0.4) is 0 Å². The summed E-state index contributed by atoms with van der Waals surface area (Å²) in [5.41, 5.74) is 6.11. The lowest BCUT2D eigenvalue weighted by Gasteiger charge is -2.14. The summed E-state index contributed by atoms with van der Waals surface area (Å²) in [5, 5.41) is 78.6. The SMILES string of the molecule is C/C=C/C=C(\C#N)C(=O)OCC.C=C/C(C)=C(\C#N)C(=O)OCC.C=C/C=C(\C#N)C(=O)OCC.C=CC(C=C)=C(C#N)C(=O)OCC.CCOC(=O)/C(C#N)=C/C=C/c1ccccc1.CCOC(=O)/C(C#N)=C/c1ccccc1.CCOC(=O)/C(C#N)=C/c1ccco1.CCOC(=O)C(C#N)=C(c1ccccc1)c1ccccc1.CCOC(=O)C(C#N)=C1CCCCC1. The fraction of sp³-hybridized carbons (Fsp3) is 0.248. The number of carbonyl (C=O) groups excluding carboxylic acids is 9. The average Bonchev–Trinajstić information content (AvgIpc) is 1.04. The Kier molecular flexibility index (Phi) is 68.2. The van der Waals surface area contributed by atoms with E-state index in [1.807, 2.05) is 152 Å². The lowest BCUT2D eigenvalue weighted by Crippen LogP contribution is -2.10. The molecule has 0 saturated heterocycles. The van der Waals surface area contributed by atoms with Gasteiger partial charge in [-0.25, -0.2) is 43.2 Å². The molecular formula is C101H105N9O19. The fourth-order valence-corrected chi connectivity index (χ4v) is 9.22. The van der Waals surface area contributed by atoms with Gasteiger partial charge in [0.15, 0.2) is 0 Å². The number of furan rings is 1. The molecule has 28 nitrogen and oxygen atoms in total. The Morgan fingerprint density at radius 1 is 0.357 bits per heavy atom. The number of carbonyl (C=O) groups is 9. The summed E-state index contributed by atoms with van der Waals surface area (Å²) in [6.45, 7) is 34.9. The van der Waals surface area contributed by atoms with Crippen LogP contribution in [0.15, 0.2) is 298 Å². The van der Waals surface area contributed by atoms with E-state index in [9.17, 15) is 48.4 Å². The van der Waals surface area contributed by atoms with Crippen molar-refractivity contribution < 1.29 is 90.2 Å². The molecule has 1 aliphatic carbocycles. The summed E-state index contributed by atoms with van der Waals surface area (Å²) in [7, 11) is 0. The zero-order chi connectivity index (χ0) is 97.4. The molecule has 1 fully saturated rings. The van der Waals surface area contributed by atoms with Crippen molar-refractivity contribution in [1.82, 2.24) is 0 Å². The molecule has 0 N–H and O–H groups in total. The van der Waals surface area contributed by atoms with E-state index >= 15 is 0 Å². The minimum atomic E-state index is -0.639. The first-order chi connectivity index (χ1) is 62.3. The van der Waals surface area contributed by atoms with Gasteiger partial charge < -0.3 is 47.0 Å². The second-order valence-electron chi connectivity index (χ2n) is 23.8. The van der Waals surface area contributed by atoms with E-state index < -0.39 is 53.7 Å². The molecule has 28 heteroatoms. The Bertz CT molecular complexity index is 5210. The topological polar surface area (TPSA) is 464 Å². The van der Waals surface area contributed by atoms with Crippen molar-refractivity contribution >= 4 is 77.5 Å². The Morgan fingerprint density at radius 2 is 0.698 bits per heavy atom. The molecule has 0 spiro atoms. The molecule has 1 heterocycles. The first kappa shape index (κ1) is 116. The van der Waals surface area contributed by atoms with Gasteiger partial charge in [0.25, 0.3) is 0 Å². The maximum Gasteiger partial charge on any atom is 0.349 e. The third-order valence-corrected chi connectivity index (χ3v) is 15.1. The van der Waals surface area contributed by atoms with Gasteiger partial charge in [0.1, 0.15) is 111 Å². The summed E-state index contributed by atoms with van der Waals surface area (Å²) in [6, 6.07) is 57.2. The maximum absolute atomic E-state index is 12.1. The van der Waals surface area contributed by atoms with Gasteiger partial charge >= 0.3 is 53.7 Å². The van der Waals surface area contributed by atoms with Crippen LogP contribution in [0.2, 0.25) is 0 Å². The third kappa shape index (κ3) is 50.2. The van der Waals surface area contributed by atoms with E-state index in [1.54, 1.807) is 137 Å². The van der Waals surface area contributed by atoms with Crippen molar-refractivity contribution in [2.45, 2.75) is 108 Å². The Labute approximate surface area is 755 Å². The summed E-state index contributed by atoms with van der Waals surface area (Å²) >= 11 is 0. The minimum Gasteiger partial charge on any atom is -0.465 e. The van der Waals surface area contributed by atoms with Crippen LogP contribution in [0.4, 0.5) is 0 Å². The predicted molar refractivity (Wildman–Crippen MR) is 485 cm³/mol. The first-order valence-electron chi connectivity index (χ1n) is 39.9. The molecule has 0 radical (unpaired) electrons. The molecule has 129 heavy (non-hydrogen) atoms. The average molecular weight is 1750 g/mol. The molecule has 0 amide bonds. The van der Waals surface area contributed by atoms with Crippen molar-refractivity contribution in [3.05, 3.63) is 322 Å². The summed E-state index contributed by atoms with van der Waals surface area (Å²) in [6.07, 6.45) is 26.1. The van der Waals surface area contributed by atoms with Crippen LogP contribution in [-0.2, 0) is 85.8 Å². The minimum absolute atomic E-state index is 0.000897. The lowest BCUT2D eigenvalue weighted by molar-refractivity contribution is -0.139. The first-order valence-corrected chi connectivity index (χ1v) is 39.9. The number of hydrogen-bond acceptors (Lipinski definition) is 28. The van der Waals surface area contributed by atoms with E-state index in [2.05, 4.69) is 50.0 Å². The molecule has 0 aliphatic heterocycles. The van der Waals surface area contributed by atoms with Gasteiger partial charge in [-0.1, -0.05) is 203 Å². The van der Waals surface area contributed by atoms with Crippen LogP contribution in [0, 0.1) is 102 Å². The van der Waals surface area contributed by atoms with Crippen LogP contribution in [0.25, 0.3) is 23.8 Å². The summed E-state index contributed by atoms with van der Waals surface area (Å²) in [5.74, 6) is -4.79. The van der Waals surface area contributed by atoms with Crippen molar-refractivity contribution in [3.63, 3.8) is 0 Å². The Morgan fingerprint density at radius 3 is 1.04 bits per heavy atom. The quantitative estimate of drug-likeness (QED) is 0.0141. The zero-order valence-electron chi connectivity index (χ0n) is 74.3. The molecule has 5 aromatic rings. The van der Waals surface area contributed by atoms with Crippen molar-refractivity contribution in [3.8, 4) is 54.6 Å². The van der Waals surface area contributed by atoms with Gasteiger partial charge in [0.2, 0.25) is 0 Å². The molecule has 0 bridgehead atoms. The van der Waals surface area contributed by atoms with Crippen molar-refractivity contribution in [1.29, 1.82) is 47.4 Å². The molecule has 0 atom stereocenters. The van der Waals surface area contributed by atoms with Crippen LogP contribution in [0.1, 0.15) is 136 Å². The maximum atomic E-state index is 12.1. The smallest absolute Gasteiger partial charge is 0.349 e. The number of benzene rings is 4. The Balaban J connectivity index is -0.00000139. The fourth-order valence-electron chi connectivity index (χ4n) is 9.22. The highest BCUT2D eigenvalue weighted by atomic mass is 16.6. The van der Waals surface area contributed by atoms with Gasteiger partial charge in [0.05, 0.1) is 65.7 Å². The van der Waals surface area contributed by atoms with Crippen LogP contribution >= 0.6 is 0 Å². The number of nitriles is 9. The highest BCUT2D eigenvalue weighted by molar-refractivity contribution is 6.05. The van der Waals surface area contributed by atoms with Gasteiger partial charge in [0, 0.05) is 11.6 Å². The van der Waals surface area contributed by atoms with E-state index in [0.29, 0.717) is 29.1 Å². The van der Waals surface area contributed by atoms with Crippen LogP contribution in [-0.4, -0.2) is 113 Å². The number of nitrogens with zero attached hydrogens (tertiary/aromatic N) is 9. The zero-order valence-corrected chi connectivity index (χ0v) is 74.3. The van der Waals surface area contributed by atoms with E-state index in [4.69, 9.17) is 65.5 Å². The van der Waals surface area contributed by atoms with E-state index in [-0.39, 0.29) is 103 Å². The monoisotopic (exact) mass is 1750 g/mol. The second kappa shape index (κ2) is 75.8. The highest BCUT2D eigenvalue weighted by Crippen LogP contribution is 2.28. The molecular weight excluding hydrogens is 1640 g/mol. The molecule has 0 unspecified atom stereocenters. The standard InChI is InChI=1S/C18H15NO2.C14H13NO2.C12H11NO2.C11H15NO2.C10H9NO3.C10H11NO2.2C9H11NO2.C8H9NO2/c1-2-21-18(20)16(13-19)17(14-9-5-3-6-10-14)15-11-7-4-8-12-15;1-2-17-14(16)13(11-15)10-6-9-12-7-4-3-5-8-12;1-2-15-12(14)11(9-13)8-10-6-4-3-5-7-10;1-2-14-11(13)10(8-12)9-6-4-3-5-7-9;1-2-13-10(12)8(7-11)6-9-4-3-5-14-9;1-4-8(5-2)9(7-11)10(12)13-6-3;1-4-7(3)8(6-10)9(11)12-5-2;1-3-5-6-8(7-10)9(11)12-4-2;1-3-5-7(6-9)8(10)11-4-2/h3-12H,2H2,1H3;3-10H,2H2,1H3;3-8H,2H2,1H3;2-7H2,1H3;3-6H,2H2,1H3;4-5H,1-2,6H2,3H3;4H,1,5H2,2-3H3;3,5-6H,4H2,1-2H3;3,5H,1,4H2,2H3/b;9-6+,13-10+;11-8+;;8-6+;;8-7+;5-3+,8-6+;7-5+. The molecule has 4 aromatic carbocycles. The second-order valence-corrected chi connectivity index (χ2v) is 23.8. The predicted octanol–water partition coefficient (Wildman–Crippen LogP) is 18.6. The number of esters is 9. The third-order valence-electron chi connectivity index (χ3n) is 15.1. The van der Waals surface area contributed by atoms with E-state index in [1.165, 1.54) is 67.4 Å². The summed E-state index contributed by atoms with van der Waals surface area (Å²) < 4.78 is 47.4. The van der Waals surface area contributed by atoms with Crippen LogP contribution in [0.5, 0.6) is 0 Å². The van der Waals surface area contributed by atoms with Crippen molar-refractivity contribution in [2.24, 2.45) is 0 Å². The lowest BCUT2D eigenvalue weighted by atomic mass is 9.91. The molecule has 1 aliphatic rings. The molecule has 6 rings (SSSR count). The van der Waals surface area contributed by atoms with Crippen LogP contribution < -0.4 is 0 Å². The Hall–Kier alpha value is -17.1. The van der Waals surface area contributed by atoms with E-state index in [0.717, 1.165) is 53.5 Å².